The maximum atomic E-state index is 12.5. The second kappa shape index (κ2) is 9.44. The monoisotopic (exact) mass is 469 g/mol. The number of carbonyl (C=O) groups excluding carboxylic acids is 2. The lowest BCUT2D eigenvalue weighted by atomic mass is 10.1. The molecule has 0 radical (unpaired) electrons. The van der Waals surface area contributed by atoms with E-state index in [2.05, 4.69) is 22.0 Å². The summed E-state index contributed by atoms with van der Waals surface area (Å²) in [6.07, 6.45) is 0.655. The molecular formula is C23H24ClN5O2S. The van der Waals surface area contributed by atoms with Crippen molar-refractivity contribution in [1.29, 1.82) is 0 Å². The lowest BCUT2D eigenvalue weighted by molar-refractivity contribution is 0.0655. The Morgan fingerprint density at radius 1 is 1.00 bits per heavy atom. The van der Waals surface area contributed by atoms with Gasteiger partial charge in [-0.3, -0.25) is 24.0 Å². The number of aromatic nitrogens is 3. The van der Waals surface area contributed by atoms with Crippen molar-refractivity contribution in [3.8, 4) is 5.69 Å². The summed E-state index contributed by atoms with van der Waals surface area (Å²) < 4.78 is 2.04. The van der Waals surface area contributed by atoms with Crippen LogP contribution in [0.25, 0.3) is 5.69 Å². The van der Waals surface area contributed by atoms with Crippen molar-refractivity contribution in [3.63, 3.8) is 0 Å². The minimum Gasteiger partial charge on any atom is -0.300 e. The Morgan fingerprint density at radius 3 is 2.22 bits per heavy atom. The van der Waals surface area contributed by atoms with Crippen molar-refractivity contribution in [3.05, 3.63) is 70.5 Å². The first-order valence-corrected chi connectivity index (χ1v) is 11.7. The Bertz CT molecular complexity index is 1110. The van der Waals surface area contributed by atoms with Gasteiger partial charge in [-0.05, 0) is 63.8 Å². The maximum Gasteiger partial charge on any atom is 0.261 e. The van der Waals surface area contributed by atoms with Gasteiger partial charge >= 0.3 is 0 Å². The topological polar surface area (TPSA) is 71.3 Å². The summed E-state index contributed by atoms with van der Waals surface area (Å²) in [5, 5.41) is 10.3. The van der Waals surface area contributed by atoms with Gasteiger partial charge in [0.25, 0.3) is 11.8 Å². The third-order valence-corrected chi connectivity index (χ3v) is 6.79. The van der Waals surface area contributed by atoms with E-state index in [9.17, 15) is 9.59 Å². The first kappa shape index (κ1) is 22.5. The number of halogens is 1. The highest BCUT2D eigenvalue weighted by molar-refractivity contribution is 7.99. The number of benzene rings is 2. The maximum absolute atomic E-state index is 12.5. The molecule has 2 heterocycles. The van der Waals surface area contributed by atoms with Gasteiger partial charge in [0.1, 0.15) is 0 Å². The van der Waals surface area contributed by atoms with Crippen LogP contribution in [0.1, 0.15) is 45.9 Å². The second-order valence-electron chi connectivity index (χ2n) is 7.80. The predicted molar refractivity (Wildman–Crippen MR) is 126 cm³/mol. The molecule has 7 nitrogen and oxygen atoms in total. The molecule has 0 fully saturated rings. The predicted octanol–water partition coefficient (Wildman–Crippen LogP) is 4.32. The molecular weight excluding hydrogens is 446 g/mol. The smallest absolute Gasteiger partial charge is 0.261 e. The van der Waals surface area contributed by atoms with Crippen molar-refractivity contribution in [2.45, 2.75) is 24.5 Å². The molecule has 0 saturated carbocycles. The molecule has 1 aromatic heterocycles. The van der Waals surface area contributed by atoms with Gasteiger partial charge in [-0.2, -0.15) is 0 Å². The van der Waals surface area contributed by atoms with E-state index in [0.29, 0.717) is 34.9 Å². The summed E-state index contributed by atoms with van der Waals surface area (Å²) in [6.45, 7) is 2.45. The number of fused-ring (bicyclic) bond motifs is 1. The van der Waals surface area contributed by atoms with Crippen molar-refractivity contribution < 1.29 is 9.59 Å². The van der Waals surface area contributed by atoms with Gasteiger partial charge in [-0.1, -0.05) is 35.5 Å². The number of nitrogens with zero attached hydrogens (tertiary/aromatic N) is 5. The zero-order chi connectivity index (χ0) is 22.8. The summed E-state index contributed by atoms with van der Waals surface area (Å²) in [5.74, 6) is 1.08. The van der Waals surface area contributed by atoms with Crippen molar-refractivity contribution in [1.82, 2.24) is 24.6 Å². The first-order valence-electron chi connectivity index (χ1n) is 10.3. The van der Waals surface area contributed by atoms with Gasteiger partial charge < -0.3 is 0 Å². The largest absolute Gasteiger partial charge is 0.300 e. The minimum absolute atomic E-state index is 0.0610. The van der Waals surface area contributed by atoms with Crippen LogP contribution < -0.4 is 0 Å². The number of carbonyl (C=O) groups is 2. The molecule has 0 bridgehead atoms. The highest BCUT2D eigenvalue weighted by Gasteiger charge is 2.34. The Hall–Kier alpha value is -2.68. The molecule has 2 amide bonds. The average molecular weight is 470 g/mol. The zero-order valence-electron chi connectivity index (χ0n) is 18.2. The van der Waals surface area contributed by atoms with Crippen molar-refractivity contribution in [2.75, 3.05) is 26.4 Å². The van der Waals surface area contributed by atoms with E-state index < -0.39 is 0 Å². The van der Waals surface area contributed by atoms with E-state index in [1.165, 1.54) is 4.90 Å². The van der Waals surface area contributed by atoms with E-state index in [1.54, 1.807) is 36.0 Å². The van der Waals surface area contributed by atoms with E-state index >= 15 is 0 Å². The molecule has 9 heteroatoms. The fourth-order valence-electron chi connectivity index (χ4n) is 3.54. The second-order valence-corrected chi connectivity index (χ2v) is 9.30. The van der Waals surface area contributed by atoms with Crippen LogP contribution in [0.4, 0.5) is 0 Å². The van der Waals surface area contributed by atoms with Crippen molar-refractivity contribution >= 4 is 35.2 Å². The zero-order valence-corrected chi connectivity index (χ0v) is 19.7. The van der Waals surface area contributed by atoms with Crippen LogP contribution in [-0.2, 0) is 0 Å². The Morgan fingerprint density at radius 2 is 1.62 bits per heavy atom. The summed E-state index contributed by atoms with van der Waals surface area (Å²) in [5.41, 5.74) is 1.90. The minimum atomic E-state index is -0.220. The molecule has 1 aliphatic heterocycles. The molecule has 1 aliphatic rings. The van der Waals surface area contributed by atoms with Crippen LogP contribution >= 0.6 is 23.4 Å². The standard InChI is InChI=1S/C23H24ClN5O2S/c1-15(27(2)3)20-25-26-23(29(20)17-11-9-16(24)10-12-17)32-14-6-13-28-21(30)18-7-4-5-8-19(18)22(28)31/h4-5,7-12,15H,6,13-14H2,1-3H3. The lowest BCUT2D eigenvalue weighted by Crippen LogP contribution is -2.31. The van der Waals surface area contributed by atoms with Crippen LogP contribution in [0.3, 0.4) is 0 Å². The molecule has 0 saturated heterocycles. The third kappa shape index (κ3) is 4.30. The Labute approximate surface area is 196 Å². The first-order chi connectivity index (χ1) is 15.4. The highest BCUT2D eigenvalue weighted by Crippen LogP contribution is 2.28. The summed E-state index contributed by atoms with van der Waals surface area (Å²) in [6, 6.07) is 14.6. The van der Waals surface area contributed by atoms with Gasteiger partial charge in [0.15, 0.2) is 11.0 Å². The van der Waals surface area contributed by atoms with E-state index in [0.717, 1.165) is 16.7 Å². The number of amides is 2. The molecule has 166 valence electrons. The average Bonchev–Trinajstić information content (AvgIpc) is 3.31. The quantitative estimate of drug-likeness (QED) is 0.278. The van der Waals surface area contributed by atoms with E-state index in [1.807, 2.05) is 42.9 Å². The molecule has 0 aliphatic carbocycles. The van der Waals surface area contributed by atoms with Gasteiger partial charge in [-0.15, -0.1) is 10.2 Å². The molecule has 2 aromatic carbocycles. The van der Waals surface area contributed by atoms with Crippen LogP contribution in [0.2, 0.25) is 5.02 Å². The molecule has 0 spiro atoms. The molecule has 4 rings (SSSR count). The fraction of sp³-hybridized carbons (Fsp3) is 0.304. The van der Waals surface area contributed by atoms with Gasteiger partial charge in [0.05, 0.1) is 17.2 Å². The molecule has 1 unspecified atom stereocenters. The van der Waals surface area contributed by atoms with Gasteiger partial charge in [0.2, 0.25) is 0 Å². The van der Waals surface area contributed by atoms with Crippen LogP contribution in [0.5, 0.6) is 0 Å². The number of imide groups is 1. The number of thioether (sulfide) groups is 1. The van der Waals surface area contributed by atoms with Gasteiger partial charge in [-0.25, -0.2) is 0 Å². The third-order valence-electron chi connectivity index (χ3n) is 5.53. The molecule has 32 heavy (non-hydrogen) atoms. The lowest BCUT2D eigenvalue weighted by Gasteiger charge is -2.20. The van der Waals surface area contributed by atoms with E-state index in [-0.39, 0.29) is 17.9 Å². The summed E-state index contributed by atoms with van der Waals surface area (Å²) in [4.78, 5) is 28.5. The highest BCUT2D eigenvalue weighted by atomic mass is 35.5. The fourth-order valence-corrected chi connectivity index (χ4v) is 4.55. The van der Waals surface area contributed by atoms with Crippen molar-refractivity contribution in [2.24, 2.45) is 0 Å². The number of hydrogen-bond acceptors (Lipinski definition) is 6. The normalized spacial score (nSPS) is 14.3. The van der Waals surface area contributed by atoms with Crippen LogP contribution in [-0.4, -0.2) is 62.8 Å². The molecule has 1 atom stereocenters. The van der Waals surface area contributed by atoms with Crippen LogP contribution in [0, 0.1) is 0 Å². The number of hydrogen-bond donors (Lipinski definition) is 0. The molecule has 3 aromatic rings. The Kier molecular flexibility index (Phi) is 6.64. The SMILES string of the molecule is CC(c1nnc(SCCCN2C(=O)c3ccccc3C2=O)n1-c1ccc(Cl)cc1)N(C)C. The molecule has 0 N–H and O–H groups in total. The van der Waals surface area contributed by atoms with Crippen LogP contribution in [0.15, 0.2) is 53.7 Å². The summed E-state index contributed by atoms with van der Waals surface area (Å²) >= 11 is 7.63. The number of rotatable bonds is 8. The van der Waals surface area contributed by atoms with E-state index in [4.69, 9.17) is 11.6 Å². The Balaban J connectivity index is 1.46. The van der Waals surface area contributed by atoms with Gasteiger partial charge in [0, 0.05) is 23.0 Å². The summed E-state index contributed by atoms with van der Waals surface area (Å²) in [7, 11) is 4.00.